The van der Waals surface area contributed by atoms with E-state index in [1.807, 2.05) is 35.0 Å². The number of nitrogens with zero attached hydrogens (tertiary/aromatic N) is 3. The third-order valence-electron chi connectivity index (χ3n) is 3.42. The lowest BCUT2D eigenvalue weighted by atomic mass is 10.4. The Hall–Kier alpha value is -2.80. The third-order valence-corrected chi connectivity index (χ3v) is 3.42. The molecule has 0 aliphatic heterocycles. The highest BCUT2D eigenvalue weighted by molar-refractivity contribution is 5.89. The number of fused-ring (bicyclic) bond motifs is 1. The Morgan fingerprint density at radius 1 is 1.43 bits per heavy atom. The zero-order chi connectivity index (χ0) is 16.1. The van der Waals surface area contributed by atoms with Crippen LogP contribution in [0.1, 0.15) is 5.76 Å². The van der Waals surface area contributed by atoms with Crippen LogP contribution in [0.15, 0.2) is 53.5 Å². The minimum Gasteiger partial charge on any atom is -0.467 e. The lowest BCUT2D eigenvalue weighted by Crippen LogP contribution is -2.36. The molecule has 0 aromatic carbocycles. The molecule has 0 saturated carbocycles. The van der Waals surface area contributed by atoms with E-state index >= 15 is 0 Å². The number of pyridine rings is 1. The molecule has 3 heterocycles. The number of methoxy groups -OCH3 is 1. The number of nitrogens with one attached hydrogen (secondary N) is 1. The molecule has 0 saturated heterocycles. The van der Waals surface area contributed by atoms with Gasteiger partial charge in [-0.3, -0.25) is 0 Å². The summed E-state index contributed by atoms with van der Waals surface area (Å²) in [7, 11) is 1.61. The van der Waals surface area contributed by atoms with Gasteiger partial charge in [0.05, 0.1) is 25.1 Å². The molecule has 2 amide bonds. The van der Waals surface area contributed by atoms with Crippen molar-refractivity contribution in [2.24, 2.45) is 0 Å². The maximum Gasteiger partial charge on any atom is 0.322 e. The summed E-state index contributed by atoms with van der Waals surface area (Å²) in [5.41, 5.74) is 1.53. The average Bonchev–Trinajstić information content (AvgIpc) is 3.22. The summed E-state index contributed by atoms with van der Waals surface area (Å²) in [5.74, 6) is 0.723. The van der Waals surface area contributed by atoms with Gasteiger partial charge in [-0.2, -0.15) is 0 Å². The smallest absolute Gasteiger partial charge is 0.322 e. The predicted molar refractivity (Wildman–Crippen MR) is 85.2 cm³/mol. The molecule has 0 atom stereocenters. The van der Waals surface area contributed by atoms with Crippen LogP contribution in [0.25, 0.3) is 5.65 Å². The van der Waals surface area contributed by atoms with Crippen LogP contribution in [-0.2, 0) is 11.3 Å². The number of imidazole rings is 1. The molecular formula is C16H18N4O3. The van der Waals surface area contributed by atoms with Crippen LogP contribution < -0.4 is 5.32 Å². The molecule has 1 N–H and O–H groups in total. The monoisotopic (exact) mass is 314 g/mol. The van der Waals surface area contributed by atoms with Gasteiger partial charge in [0.15, 0.2) is 0 Å². The number of hydrogen-bond acceptors (Lipinski definition) is 4. The average molecular weight is 314 g/mol. The van der Waals surface area contributed by atoms with Gasteiger partial charge in [0.1, 0.15) is 11.4 Å². The fourth-order valence-electron chi connectivity index (χ4n) is 2.24. The first kappa shape index (κ1) is 15.1. The number of carbonyl (C=O) groups is 1. The number of ether oxygens (including phenoxy) is 1. The normalized spacial score (nSPS) is 10.8. The molecule has 3 aromatic heterocycles. The minimum absolute atomic E-state index is 0.210. The maximum atomic E-state index is 12.5. The van der Waals surface area contributed by atoms with E-state index in [1.54, 1.807) is 30.5 Å². The number of carbonyl (C=O) groups excluding carboxylic acids is 1. The van der Waals surface area contributed by atoms with Crippen molar-refractivity contribution in [3.63, 3.8) is 0 Å². The first-order valence-electron chi connectivity index (χ1n) is 7.26. The zero-order valence-electron chi connectivity index (χ0n) is 12.8. The molecule has 3 aromatic rings. The van der Waals surface area contributed by atoms with Crippen molar-refractivity contribution < 1.29 is 13.9 Å². The molecule has 0 radical (unpaired) electrons. The molecular weight excluding hydrogens is 296 g/mol. The van der Waals surface area contributed by atoms with Gasteiger partial charge in [-0.05, 0) is 24.3 Å². The van der Waals surface area contributed by atoms with Crippen LogP contribution in [0.3, 0.4) is 0 Å². The first-order chi connectivity index (χ1) is 11.3. The van der Waals surface area contributed by atoms with E-state index in [0.29, 0.717) is 25.4 Å². The van der Waals surface area contributed by atoms with Gasteiger partial charge < -0.3 is 23.8 Å². The fourth-order valence-corrected chi connectivity index (χ4v) is 2.24. The highest BCUT2D eigenvalue weighted by Crippen LogP contribution is 2.12. The van der Waals surface area contributed by atoms with Crippen molar-refractivity contribution >= 4 is 17.4 Å². The Labute approximate surface area is 133 Å². The molecule has 0 aliphatic rings. The molecule has 0 fully saturated rings. The number of amides is 2. The van der Waals surface area contributed by atoms with E-state index in [1.165, 1.54) is 0 Å². The highest BCUT2D eigenvalue weighted by Gasteiger charge is 2.15. The van der Waals surface area contributed by atoms with E-state index in [9.17, 15) is 4.79 Å². The molecule has 0 spiro atoms. The van der Waals surface area contributed by atoms with E-state index in [0.717, 1.165) is 11.4 Å². The Bertz CT molecular complexity index is 767. The molecule has 0 bridgehead atoms. The lowest BCUT2D eigenvalue weighted by Gasteiger charge is -2.21. The largest absolute Gasteiger partial charge is 0.467 e. The van der Waals surface area contributed by atoms with E-state index in [4.69, 9.17) is 9.15 Å². The second kappa shape index (κ2) is 6.97. The summed E-state index contributed by atoms with van der Waals surface area (Å²) in [4.78, 5) is 18.3. The second-order valence-corrected chi connectivity index (χ2v) is 5.03. The van der Waals surface area contributed by atoms with Crippen LogP contribution in [0.5, 0.6) is 0 Å². The van der Waals surface area contributed by atoms with Crippen molar-refractivity contribution in [1.29, 1.82) is 0 Å². The quantitative estimate of drug-likeness (QED) is 0.759. The summed E-state index contributed by atoms with van der Waals surface area (Å²) >= 11 is 0. The number of urea groups is 1. The first-order valence-corrected chi connectivity index (χ1v) is 7.26. The van der Waals surface area contributed by atoms with Gasteiger partial charge in [-0.15, -0.1) is 0 Å². The number of aromatic nitrogens is 2. The highest BCUT2D eigenvalue weighted by atomic mass is 16.5. The molecule has 3 rings (SSSR count). The van der Waals surface area contributed by atoms with Gasteiger partial charge in [-0.1, -0.05) is 0 Å². The molecule has 0 unspecified atom stereocenters. The molecule has 7 heteroatoms. The van der Waals surface area contributed by atoms with Crippen molar-refractivity contribution in [3.05, 3.63) is 54.9 Å². The number of hydrogen-bond donors (Lipinski definition) is 1. The van der Waals surface area contributed by atoms with Gasteiger partial charge in [0.2, 0.25) is 0 Å². The number of rotatable bonds is 6. The summed E-state index contributed by atoms with van der Waals surface area (Å²) in [5, 5.41) is 2.89. The van der Waals surface area contributed by atoms with Crippen molar-refractivity contribution in [2.45, 2.75) is 6.54 Å². The number of anilines is 1. The molecule has 7 nitrogen and oxygen atoms in total. The van der Waals surface area contributed by atoms with E-state index in [-0.39, 0.29) is 6.03 Å². The molecule has 120 valence electrons. The van der Waals surface area contributed by atoms with Gasteiger partial charge in [0.25, 0.3) is 0 Å². The van der Waals surface area contributed by atoms with Gasteiger partial charge >= 0.3 is 6.03 Å². The Kier molecular flexibility index (Phi) is 4.58. The van der Waals surface area contributed by atoms with Crippen LogP contribution in [-0.4, -0.2) is 40.6 Å². The Balaban J connectivity index is 1.71. The van der Waals surface area contributed by atoms with Crippen LogP contribution in [0, 0.1) is 0 Å². The summed E-state index contributed by atoms with van der Waals surface area (Å²) in [6.07, 6.45) is 6.95. The van der Waals surface area contributed by atoms with Gasteiger partial charge in [0, 0.05) is 32.2 Å². The zero-order valence-corrected chi connectivity index (χ0v) is 12.8. The van der Waals surface area contributed by atoms with E-state index < -0.39 is 0 Å². The van der Waals surface area contributed by atoms with Crippen molar-refractivity contribution in [3.8, 4) is 0 Å². The topological polar surface area (TPSA) is 72.0 Å². The molecule has 23 heavy (non-hydrogen) atoms. The third kappa shape index (κ3) is 3.70. The maximum absolute atomic E-state index is 12.5. The summed E-state index contributed by atoms with van der Waals surface area (Å²) in [6.45, 7) is 1.31. The fraction of sp³-hybridized carbons (Fsp3) is 0.250. The van der Waals surface area contributed by atoms with Crippen LogP contribution in [0.4, 0.5) is 10.5 Å². The SMILES string of the molecule is COCCN(Cc1ccco1)C(=O)Nc1ccc2nccn2c1. The summed E-state index contributed by atoms with van der Waals surface area (Å²) in [6, 6.07) is 7.10. The summed E-state index contributed by atoms with van der Waals surface area (Å²) < 4.78 is 12.2. The second-order valence-electron chi connectivity index (χ2n) is 5.03. The molecule has 0 aliphatic carbocycles. The lowest BCUT2D eigenvalue weighted by molar-refractivity contribution is 0.149. The Morgan fingerprint density at radius 2 is 2.35 bits per heavy atom. The number of furan rings is 1. The van der Waals surface area contributed by atoms with Crippen LogP contribution in [0.2, 0.25) is 0 Å². The van der Waals surface area contributed by atoms with E-state index in [2.05, 4.69) is 10.3 Å². The van der Waals surface area contributed by atoms with Crippen LogP contribution >= 0.6 is 0 Å². The predicted octanol–water partition coefficient (Wildman–Crippen LogP) is 2.61. The standard InChI is InChI=1S/C16H18N4O3/c1-22-10-8-20(12-14-3-2-9-23-14)16(21)18-13-4-5-15-17-6-7-19(15)11-13/h2-7,9,11H,8,10,12H2,1H3,(H,18,21). The van der Waals surface area contributed by atoms with Crippen molar-refractivity contribution in [1.82, 2.24) is 14.3 Å². The Morgan fingerprint density at radius 3 is 3.13 bits per heavy atom. The van der Waals surface area contributed by atoms with Crippen molar-refractivity contribution in [2.75, 3.05) is 25.6 Å². The minimum atomic E-state index is -0.210. The van der Waals surface area contributed by atoms with Gasteiger partial charge in [-0.25, -0.2) is 9.78 Å².